The summed E-state index contributed by atoms with van der Waals surface area (Å²) < 4.78 is 52.8. The Hall–Kier alpha value is -2.35. The fourth-order valence-corrected chi connectivity index (χ4v) is 4.18. The Morgan fingerprint density at radius 1 is 1.26 bits per heavy atom. The van der Waals surface area contributed by atoms with Crippen LogP contribution in [-0.4, -0.2) is 22.0 Å². The summed E-state index contributed by atoms with van der Waals surface area (Å²) in [6.07, 6.45) is -1.52. The van der Waals surface area contributed by atoms with Gasteiger partial charge in [-0.25, -0.2) is 9.78 Å². The number of hydrogen-bond donors (Lipinski definition) is 1. The van der Waals surface area contributed by atoms with Gasteiger partial charge in [0, 0.05) is 28.5 Å². The molecule has 4 nitrogen and oxygen atoms in total. The van der Waals surface area contributed by atoms with Crippen LogP contribution in [0.1, 0.15) is 35.6 Å². The predicted octanol–water partition coefficient (Wildman–Crippen LogP) is 5.19. The second-order valence-electron chi connectivity index (χ2n) is 6.68. The molecular formula is C18H14ClF4N3O. The molecule has 4 rings (SSSR count). The molecule has 142 valence electrons. The molecule has 0 aliphatic carbocycles. The van der Waals surface area contributed by atoms with Crippen LogP contribution in [0, 0.1) is 5.95 Å². The van der Waals surface area contributed by atoms with Crippen LogP contribution in [0.5, 0.6) is 0 Å². The Bertz CT molecular complexity index is 918. The van der Waals surface area contributed by atoms with E-state index in [0.29, 0.717) is 30.4 Å². The van der Waals surface area contributed by atoms with E-state index in [1.54, 1.807) is 11.0 Å². The highest BCUT2D eigenvalue weighted by Gasteiger charge is 2.43. The highest BCUT2D eigenvalue weighted by atomic mass is 35.5. The zero-order chi connectivity index (χ0) is 19.3. The van der Waals surface area contributed by atoms with E-state index in [1.165, 1.54) is 12.3 Å². The molecule has 1 aromatic heterocycles. The number of halogens is 5. The quantitative estimate of drug-likeness (QED) is 0.530. The van der Waals surface area contributed by atoms with Gasteiger partial charge >= 0.3 is 12.2 Å². The fraction of sp³-hybridized carbons (Fsp3) is 0.333. The van der Waals surface area contributed by atoms with Gasteiger partial charge in [0.2, 0.25) is 5.95 Å². The molecule has 9 heteroatoms. The van der Waals surface area contributed by atoms with E-state index in [-0.39, 0.29) is 22.8 Å². The van der Waals surface area contributed by atoms with Crippen molar-refractivity contribution in [3.63, 3.8) is 0 Å². The number of aromatic nitrogens is 1. The van der Waals surface area contributed by atoms with Crippen LogP contribution in [0.4, 0.5) is 28.0 Å². The molecule has 3 heterocycles. The third kappa shape index (κ3) is 3.22. The van der Waals surface area contributed by atoms with Crippen molar-refractivity contribution in [2.24, 2.45) is 0 Å². The molecule has 2 aliphatic heterocycles. The fourth-order valence-electron chi connectivity index (χ4n) is 3.94. The van der Waals surface area contributed by atoms with Gasteiger partial charge in [0.1, 0.15) is 0 Å². The van der Waals surface area contributed by atoms with Gasteiger partial charge in [0.05, 0.1) is 11.6 Å². The summed E-state index contributed by atoms with van der Waals surface area (Å²) >= 11 is 5.77. The van der Waals surface area contributed by atoms with E-state index in [0.717, 1.165) is 12.1 Å². The minimum absolute atomic E-state index is 0.0362. The van der Waals surface area contributed by atoms with Crippen molar-refractivity contribution in [3.05, 3.63) is 58.1 Å². The molecule has 0 unspecified atom stereocenters. The van der Waals surface area contributed by atoms with Crippen molar-refractivity contribution >= 4 is 23.3 Å². The smallest absolute Gasteiger partial charge is 0.314 e. The van der Waals surface area contributed by atoms with E-state index in [4.69, 9.17) is 11.6 Å². The number of hydrogen-bond acceptors (Lipinski definition) is 2. The predicted molar refractivity (Wildman–Crippen MR) is 91.0 cm³/mol. The first kappa shape index (κ1) is 18.0. The standard InChI is InChI=1S/C18H14ClF4N3O/c19-10-5-9(18(21,22)23)6-11(7-10)25-17(27)26-12-1-2-15(26)13-3-4-24-16(20)14(13)8-12/h3-7,12,15H,1-2,8H2,(H,25,27)/t12-,15+/m1/s1. The van der Waals surface area contributed by atoms with Gasteiger partial charge in [0.15, 0.2) is 0 Å². The monoisotopic (exact) mass is 399 g/mol. The molecule has 27 heavy (non-hydrogen) atoms. The lowest BCUT2D eigenvalue weighted by atomic mass is 9.95. The minimum atomic E-state index is -4.57. The molecule has 2 aromatic rings. The number of carbonyl (C=O) groups excluding carboxylic acids is 1. The maximum atomic E-state index is 14.0. The molecule has 0 saturated carbocycles. The lowest BCUT2D eigenvalue weighted by Gasteiger charge is -2.36. The third-order valence-electron chi connectivity index (χ3n) is 5.05. The summed E-state index contributed by atoms with van der Waals surface area (Å²) in [5.74, 6) is -0.533. The van der Waals surface area contributed by atoms with Crippen molar-refractivity contribution in [1.29, 1.82) is 0 Å². The van der Waals surface area contributed by atoms with Gasteiger partial charge in [0.25, 0.3) is 0 Å². The van der Waals surface area contributed by atoms with Gasteiger partial charge in [-0.1, -0.05) is 11.6 Å². The molecule has 1 N–H and O–H groups in total. The highest BCUT2D eigenvalue weighted by molar-refractivity contribution is 6.31. The van der Waals surface area contributed by atoms with Crippen LogP contribution in [0.2, 0.25) is 5.02 Å². The number of carbonyl (C=O) groups is 1. The molecule has 2 amide bonds. The highest BCUT2D eigenvalue weighted by Crippen LogP contribution is 2.44. The van der Waals surface area contributed by atoms with Crippen LogP contribution in [0.15, 0.2) is 30.5 Å². The molecule has 0 spiro atoms. The van der Waals surface area contributed by atoms with Crippen molar-refractivity contribution in [2.75, 3.05) is 5.32 Å². The Kier molecular flexibility index (Phi) is 4.25. The van der Waals surface area contributed by atoms with Crippen molar-refractivity contribution in [3.8, 4) is 0 Å². The van der Waals surface area contributed by atoms with E-state index in [2.05, 4.69) is 10.3 Å². The summed E-state index contributed by atoms with van der Waals surface area (Å²) in [5.41, 5.74) is 0.237. The summed E-state index contributed by atoms with van der Waals surface area (Å²) in [6.45, 7) is 0. The Morgan fingerprint density at radius 3 is 2.78 bits per heavy atom. The first-order chi connectivity index (χ1) is 12.7. The summed E-state index contributed by atoms with van der Waals surface area (Å²) in [4.78, 5) is 18.0. The number of nitrogens with zero attached hydrogens (tertiary/aromatic N) is 2. The van der Waals surface area contributed by atoms with Crippen LogP contribution in [-0.2, 0) is 12.6 Å². The van der Waals surface area contributed by atoms with E-state index in [1.807, 2.05) is 0 Å². The number of amides is 2. The van der Waals surface area contributed by atoms with Gasteiger partial charge < -0.3 is 10.2 Å². The summed E-state index contributed by atoms with van der Waals surface area (Å²) in [6, 6.07) is 3.52. The van der Waals surface area contributed by atoms with Gasteiger partial charge in [-0.3, -0.25) is 0 Å². The molecular weight excluding hydrogens is 386 g/mol. The molecule has 0 radical (unpaired) electrons. The van der Waals surface area contributed by atoms with Crippen LogP contribution >= 0.6 is 11.6 Å². The number of fused-ring (bicyclic) bond motifs is 4. The average Bonchev–Trinajstić information content (AvgIpc) is 2.90. The largest absolute Gasteiger partial charge is 0.416 e. The zero-order valence-electron chi connectivity index (χ0n) is 13.9. The van der Waals surface area contributed by atoms with Crippen molar-refractivity contribution < 1.29 is 22.4 Å². The zero-order valence-corrected chi connectivity index (χ0v) is 14.6. The first-order valence-corrected chi connectivity index (χ1v) is 8.72. The topological polar surface area (TPSA) is 45.2 Å². The number of alkyl halides is 3. The molecule has 1 aromatic carbocycles. The second-order valence-corrected chi connectivity index (χ2v) is 7.12. The Balaban J connectivity index is 1.61. The van der Waals surface area contributed by atoms with Crippen molar-refractivity contribution in [1.82, 2.24) is 9.88 Å². The first-order valence-electron chi connectivity index (χ1n) is 8.34. The molecule has 2 atom stereocenters. The van der Waals surface area contributed by atoms with Gasteiger partial charge in [-0.15, -0.1) is 0 Å². The molecule has 2 bridgehead atoms. The average molecular weight is 400 g/mol. The Morgan fingerprint density at radius 2 is 2.04 bits per heavy atom. The number of pyridine rings is 1. The van der Waals surface area contributed by atoms with Gasteiger partial charge in [-0.2, -0.15) is 17.6 Å². The number of anilines is 1. The molecule has 1 fully saturated rings. The van der Waals surface area contributed by atoms with Crippen LogP contribution in [0.3, 0.4) is 0 Å². The molecule has 2 aliphatic rings. The maximum absolute atomic E-state index is 14.0. The van der Waals surface area contributed by atoms with Crippen molar-refractivity contribution in [2.45, 2.75) is 37.5 Å². The van der Waals surface area contributed by atoms with E-state index in [9.17, 15) is 22.4 Å². The lowest BCUT2D eigenvalue weighted by Crippen LogP contribution is -2.44. The number of urea groups is 1. The molecule has 1 saturated heterocycles. The number of nitrogens with one attached hydrogen (secondary N) is 1. The minimum Gasteiger partial charge on any atom is -0.314 e. The SMILES string of the molecule is O=C(Nc1cc(Cl)cc(C(F)(F)F)c1)N1[C@@H]2CC[C@H]1c1ccnc(F)c1C2. The summed E-state index contributed by atoms with van der Waals surface area (Å²) in [5, 5.41) is 2.38. The van der Waals surface area contributed by atoms with Crippen LogP contribution < -0.4 is 5.32 Å². The normalized spacial score (nSPS) is 21.1. The number of benzene rings is 1. The third-order valence-corrected chi connectivity index (χ3v) is 5.27. The number of rotatable bonds is 1. The maximum Gasteiger partial charge on any atom is 0.416 e. The van der Waals surface area contributed by atoms with E-state index < -0.39 is 23.7 Å². The lowest BCUT2D eigenvalue weighted by molar-refractivity contribution is -0.137. The Labute approximate surface area is 157 Å². The van der Waals surface area contributed by atoms with E-state index >= 15 is 0 Å². The summed E-state index contributed by atoms with van der Waals surface area (Å²) in [7, 11) is 0. The van der Waals surface area contributed by atoms with Crippen LogP contribution in [0.25, 0.3) is 0 Å². The van der Waals surface area contributed by atoms with Gasteiger partial charge in [-0.05, 0) is 49.1 Å². The second kappa shape index (κ2) is 6.37.